The first-order chi connectivity index (χ1) is 14.5. The van der Waals surface area contributed by atoms with Crippen LogP contribution >= 0.6 is 11.6 Å². The Labute approximate surface area is 177 Å². The van der Waals surface area contributed by atoms with Crippen molar-refractivity contribution in [3.8, 4) is 17.1 Å². The lowest BCUT2D eigenvalue weighted by Gasteiger charge is -2.13. The van der Waals surface area contributed by atoms with Crippen LogP contribution in [-0.4, -0.2) is 26.2 Å². The summed E-state index contributed by atoms with van der Waals surface area (Å²) in [5.74, 6) is 1.08. The Kier molecular flexibility index (Phi) is 5.37. The van der Waals surface area contributed by atoms with Gasteiger partial charge in [-0.3, -0.25) is 13.9 Å². The van der Waals surface area contributed by atoms with Crippen LogP contribution in [0.5, 0.6) is 5.75 Å². The number of methoxy groups -OCH3 is 1. The second kappa shape index (κ2) is 8.12. The van der Waals surface area contributed by atoms with Crippen molar-refractivity contribution in [2.75, 3.05) is 7.11 Å². The van der Waals surface area contributed by atoms with Gasteiger partial charge in [0, 0.05) is 23.3 Å². The van der Waals surface area contributed by atoms with E-state index in [0.717, 1.165) is 11.1 Å². The second-order valence-electron chi connectivity index (χ2n) is 6.71. The van der Waals surface area contributed by atoms with Crippen molar-refractivity contribution in [2.45, 2.75) is 20.0 Å². The molecule has 7 nitrogen and oxygen atoms in total. The molecule has 0 spiro atoms. The molecule has 4 aromatic rings. The molecule has 152 valence electrons. The minimum absolute atomic E-state index is 0.129. The van der Waals surface area contributed by atoms with Crippen molar-refractivity contribution in [3.05, 3.63) is 86.2 Å². The van der Waals surface area contributed by atoms with Crippen LogP contribution in [0.4, 0.5) is 0 Å². The summed E-state index contributed by atoms with van der Waals surface area (Å²) < 4.78 is 7.92. The highest BCUT2D eigenvalue weighted by atomic mass is 35.5. The number of rotatable bonds is 5. The van der Waals surface area contributed by atoms with Gasteiger partial charge in [0.15, 0.2) is 11.5 Å². The molecule has 0 radical (unpaired) electrons. The Bertz CT molecular complexity index is 1340. The monoisotopic (exact) mass is 422 g/mol. The molecule has 0 saturated carbocycles. The minimum atomic E-state index is -0.426. The predicted molar refractivity (Wildman–Crippen MR) is 116 cm³/mol. The van der Waals surface area contributed by atoms with Gasteiger partial charge >= 0.3 is 5.69 Å². The van der Waals surface area contributed by atoms with Crippen LogP contribution in [-0.2, 0) is 13.1 Å². The number of ether oxygens (including phenoxy) is 1. The first-order valence-electron chi connectivity index (χ1n) is 9.41. The maximum Gasteiger partial charge on any atom is 0.332 e. The summed E-state index contributed by atoms with van der Waals surface area (Å²) in [6, 6.07) is 14.3. The normalized spacial score (nSPS) is 11.0. The van der Waals surface area contributed by atoms with E-state index in [0.29, 0.717) is 28.8 Å². The van der Waals surface area contributed by atoms with E-state index in [1.165, 1.54) is 15.3 Å². The Morgan fingerprint density at radius 2 is 1.83 bits per heavy atom. The summed E-state index contributed by atoms with van der Waals surface area (Å²) in [7, 11) is 1.57. The van der Waals surface area contributed by atoms with Crippen molar-refractivity contribution >= 4 is 22.6 Å². The number of benzene rings is 2. The van der Waals surface area contributed by atoms with E-state index < -0.39 is 11.2 Å². The van der Waals surface area contributed by atoms with E-state index in [1.807, 2.05) is 25.1 Å². The van der Waals surface area contributed by atoms with Crippen LogP contribution in [0.25, 0.3) is 22.4 Å². The smallest absolute Gasteiger partial charge is 0.332 e. The van der Waals surface area contributed by atoms with Crippen molar-refractivity contribution < 1.29 is 4.74 Å². The SMILES string of the molecule is CCn1c(=O)n(Cc2cccc(OC)c2)c(=O)c2cnc(-c3ccc(Cl)cc3)nc21. The van der Waals surface area contributed by atoms with Crippen molar-refractivity contribution in [3.63, 3.8) is 0 Å². The number of fused-ring (bicyclic) bond motifs is 1. The van der Waals surface area contributed by atoms with Gasteiger partial charge in [0.05, 0.1) is 13.7 Å². The molecular formula is C22H19ClN4O3. The van der Waals surface area contributed by atoms with E-state index in [1.54, 1.807) is 37.4 Å². The molecule has 0 aliphatic heterocycles. The fraction of sp³-hybridized carbons (Fsp3) is 0.182. The van der Waals surface area contributed by atoms with Crippen LogP contribution in [0.2, 0.25) is 5.02 Å². The van der Waals surface area contributed by atoms with Gasteiger partial charge in [0.1, 0.15) is 11.1 Å². The molecular weight excluding hydrogens is 404 g/mol. The van der Waals surface area contributed by atoms with Crippen molar-refractivity contribution in [2.24, 2.45) is 0 Å². The van der Waals surface area contributed by atoms with Gasteiger partial charge in [-0.05, 0) is 48.9 Å². The Morgan fingerprint density at radius 1 is 1.07 bits per heavy atom. The second-order valence-corrected chi connectivity index (χ2v) is 7.14. The molecule has 0 fully saturated rings. The molecule has 0 amide bonds. The lowest BCUT2D eigenvalue weighted by atomic mass is 10.2. The summed E-state index contributed by atoms with van der Waals surface area (Å²) in [4.78, 5) is 35.1. The summed E-state index contributed by atoms with van der Waals surface area (Å²) >= 11 is 5.95. The van der Waals surface area contributed by atoms with Gasteiger partial charge in [-0.2, -0.15) is 0 Å². The van der Waals surface area contributed by atoms with Gasteiger partial charge in [-0.15, -0.1) is 0 Å². The maximum absolute atomic E-state index is 13.1. The zero-order valence-corrected chi connectivity index (χ0v) is 17.3. The first-order valence-corrected chi connectivity index (χ1v) is 9.79. The molecule has 0 unspecified atom stereocenters. The average Bonchev–Trinajstić information content (AvgIpc) is 2.77. The number of halogens is 1. The van der Waals surface area contributed by atoms with E-state index in [-0.39, 0.29) is 11.9 Å². The molecule has 30 heavy (non-hydrogen) atoms. The van der Waals surface area contributed by atoms with Crippen LogP contribution in [0.15, 0.2) is 64.3 Å². The van der Waals surface area contributed by atoms with Gasteiger partial charge in [-0.1, -0.05) is 23.7 Å². The van der Waals surface area contributed by atoms with Crippen LogP contribution in [0.3, 0.4) is 0 Å². The standard InChI is InChI=1S/C22H19ClN4O3/c1-3-26-20-18(12-24-19(25-20)15-7-9-16(23)10-8-15)21(28)27(22(26)29)13-14-5-4-6-17(11-14)30-2/h4-12H,3,13H2,1-2H3. The minimum Gasteiger partial charge on any atom is -0.497 e. The summed E-state index contributed by atoms with van der Waals surface area (Å²) in [5.41, 5.74) is 1.00. The molecule has 2 aromatic heterocycles. The van der Waals surface area contributed by atoms with Crippen LogP contribution < -0.4 is 16.0 Å². The molecule has 2 heterocycles. The van der Waals surface area contributed by atoms with Crippen LogP contribution in [0, 0.1) is 0 Å². The molecule has 0 atom stereocenters. The number of aryl methyl sites for hydroxylation is 1. The van der Waals surface area contributed by atoms with Gasteiger partial charge in [-0.25, -0.2) is 14.8 Å². The Balaban J connectivity index is 1.88. The van der Waals surface area contributed by atoms with E-state index >= 15 is 0 Å². The highest BCUT2D eigenvalue weighted by molar-refractivity contribution is 6.30. The predicted octanol–water partition coefficient (Wildman–Crippen LogP) is 3.35. The third-order valence-electron chi connectivity index (χ3n) is 4.86. The summed E-state index contributed by atoms with van der Waals surface area (Å²) in [5, 5.41) is 0.891. The van der Waals surface area contributed by atoms with Gasteiger partial charge in [0.2, 0.25) is 0 Å². The molecule has 0 bridgehead atoms. The molecule has 0 aliphatic carbocycles. The lowest BCUT2D eigenvalue weighted by molar-refractivity contribution is 0.414. The van der Waals surface area contributed by atoms with Crippen molar-refractivity contribution in [1.29, 1.82) is 0 Å². The lowest BCUT2D eigenvalue weighted by Crippen LogP contribution is -2.40. The van der Waals surface area contributed by atoms with Crippen molar-refractivity contribution in [1.82, 2.24) is 19.1 Å². The van der Waals surface area contributed by atoms with E-state index in [4.69, 9.17) is 16.3 Å². The highest BCUT2D eigenvalue weighted by Gasteiger charge is 2.16. The Hall–Kier alpha value is -3.45. The zero-order chi connectivity index (χ0) is 21.3. The molecule has 0 saturated heterocycles. The summed E-state index contributed by atoms with van der Waals surface area (Å²) in [6.07, 6.45) is 1.47. The number of nitrogens with zero attached hydrogens (tertiary/aromatic N) is 4. The van der Waals surface area contributed by atoms with Gasteiger partial charge in [0.25, 0.3) is 5.56 Å². The molecule has 4 rings (SSSR count). The van der Waals surface area contributed by atoms with E-state index in [2.05, 4.69) is 9.97 Å². The third kappa shape index (κ3) is 3.59. The Morgan fingerprint density at radius 3 is 2.53 bits per heavy atom. The fourth-order valence-corrected chi connectivity index (χ4v) is 3.44. The number of hydrogen-bond donors (Lipinski definition) is 0. The number of hydrogen-bond acceptors (Lipinski definition) is 5. The molecule has 0 N–H and O–H groups in total. The average molecular weight is 423 g/mol. The quantitative estimate of drug-likeness (QED) is 0.492. The third-order valence-corrected chi connectivity index (χ3v) is 5.11. The fourth-order valence-electron chi connectivity index (χ4n) is 3.31. The first kappa shape index (κ1) is 19.8. The summed E-state index contributed by atoms with van der Waals surface area (Å²) in [6.45, 7) is 2.33. The molecule has 0 aliphatic rings. The van der Waals surface area contributed by atoms with Crippen LogP contribution in [0.1, 0.15) is 12.5 Å². The largest absolute Gasteiger partial charge is 0.497 e. The highest BCUT2D eigenvalue weighted by Crippen LogP contribution is 2.19. The van der Waals surface area contributed by atoms with E-state index in [9.17, 15) is 9.59 Å². The van der Waals surface area contributed by atoms with Gasteiger partial charge < -0.3 is 4.74 Å². The zero-order valence-electron chi connectivity index (χ0n) is 16.5. The molecule has 8 heteroatoms. The number of aromatic nitrogens is 4. The topological polar surface area (TPSA) is 79.0 Å². The molecule has 2 aromatic carbocycles. The maximum atomic E-state index is 13.1.